The number of hydrogen-bond acceptors (Lipinski definition) is 4. The zero-order chi connectivity index (χ0) is 15.1. The lowest BCUT2D eigenvalue weighted by Crippen LogP contribution is -2.41. The van der Waals surface area contributed by atoms with Gasteiger partial charge < -0.3 is 22.5 Å². The van der Waals surface area contributed by atoms with Gasteiger partial charge >= 0.3 is 0 Å². The molecule has 0 aromatic carbocycles. The van der Waals surface area contributed by atoms with E-state index in [-0.39, 0.29) is 5.54 Å². The van der Waals surface area contributed by atoms with Gasteiger partial charge in [0.1, 0.15) is 0 Å². The molecule has 0 aliphatic carbocycles. The van der Waals surface area contributed by atoms with E-state index in [1.807, 2.05) is 20.8 Å². The molecule has 0 bridgehead atoms. The van der Waals surface area contributed by atoms with Crippen molar-refractivity contribution in [1.29, 1.82) is 0 Å². The van der Waals surface area contributed by atoms with E-state index in [9.17, 15) is 0 Å². The maximum Gasteiger partial charge on any atom is 0.0156 e. The van der Waals surface area contributed by atoms with Crippen molar-refractivity contribution in [1.82, 2.24) is 5.32 Å². The molecule has 0 rings (SSSR count). The van der Waals surface area contributed by atoms with Gasteiger partial charge in [0, 0.05) is 17.8 Å². The maximum atomic E-state index is 6.43. The van der Waals surface area contributed by atoms with Crippen LogP contribution in [0.25, 0.3) is 0 Å². The van der Waals surface area contributed by atoms with Gasteiger partial charge in [0.2, 0.25) is 0 Å². The van der Waals surface area contributed by atoms with Crippen LogP contribution in [-0.2, 0) is 0 Å². The number of hydrogen-bond donors (Lipinski definition) is 4. The Bertz CT molecular complexity index is 196. The molecule has 0 saturated carbocycles. The molecule has 0 amide bonds. The summed E-state index contributed by atoms with van der Waals surface area (Å²) in [7, 11) is 0. The topological polar surface area (TPSA) is 90.1 Å². The Morgan fingerprint density at radius 1 is 1.00 bits per heavy atom. The molecule has 0 aromatic rings. The third kappa shape index (κ3) is 13.6. The number of nitrogens with one attached hydrogen (secondary N) is 1. The van der Waals surface area contributed by atoms with Crippen LogP contribution < -0.4 is 22.5 Å². The smallest absolute Gasteiger partial charge is 0.0156 e. The minimum atomic E-state index is -0.0878. The van der Waals surface area contributed by atoms with Crippen LogP contribution in [-0.4, -0.2) is 25.2 Å². The molecule has 0 fully saturated rings. The molecular weight excluding hydrogens is 236 g/mol. The van der Waals surface area contributed by atoms with Crippen molar-refractivity contribution in [3.63, 3.8) is 0 Å². The lowest BCUT2D eigenvalue weighted by Gasteiger charge is -2.29. The first-order valence-corrected chi connectivity index (χ1v) is 7.62. The minimum absolute atomic E-state index is 0.0878. The summed E-state index contributed by atoms with van der Waals surface area (Å²) >= 11 is 0. The van der Waals surface area contributed by atoms with Crippen molar-refractivity contribution < 1.29 is 0 Å². The van der Waals surface area contributed by atoms with Gasteiger partial charge in [0.05, 0.1) is 0 Å². The Labute approximate surface area is 120 Å². The first-order valence-electron chi connectivity index (χ1n) is 7.62. The van der Waals surface area contributed by atoms with Gasteiger partial charge in [-0.2, -0.15) is 0 Å². The summed E-state index contributed by atoms with van der Waals surface area (Å²) < 4.78 is 0. The maximum absolute atomic E-state index is 6.43. The highest BCUT2D eigenvalue weighted by Crippen LogP contribution is 2.21. The van der Waals surface area contributed by atoms with Crippen LogP contribution >= 0.6 is 0 Å². The fraction of sp³-hybridized carbons (Fsp3) is 0.867. The SMILES string of the molecule is C=C(C)NCCCC(N)(CCCN)CCCN.CC. The van der Waals surface area contributed by atoms with Crippen molar-refractivity contribution in [3.8, 4) is 0 Å². The van der Waals surface area contributed by atoms with E-state index >= 15 is 0 Å². The molecule has 0 radical (unpaired) electrons. The first-order chi connectivity index (χ1) is 9.04. The molecular formula is C15H36N4. The van der Waals surface area contributed by atoms with E-state index in [1.54, 1.807) is 0 Å². The van der Waals surface area contributed by atoms with E-state index in [1.165, 1.54) is 0 Å². The molecule has 0 aromatic heterocycles. The van der Waals surface area contributed by atoms with E-state index < -0.39 is 0 Å². The lowest BCUT2D eigenvalue weighted by molar-refractivity contribution is 0.319. The Balaban J connectivity index is 0. The van der Waals surface area contributed by atoms with Gasteiger partial charge in [-0.1, -0.05) is 20.4 Å². The highest BCUT2D eigenvalue weighted by Gasteiger charge is 2.22. The van der Waals surface area contributed by atoms with Crippen molar-refractivity contribution in [2.45, 2.75) is 64.8 Å². The van der Waals surface area contributed by atoms with Crippen LogP contribution in [0.4, 0.5) is 0 Å². The fourth-order valence-corrected chi connectivity index (χ4v) is 2.03. The second kappa shape index (κ2) is 13.8. The summed E-state index contributed by atoms with van der Waals surface area (Å²) in [6, 6.07) is 0. The van der Waals surface area contributed by atoms with Crippen molar-refractivity contribution in [3.05, 3.63) is 12.3 Å². The quantitative estimate of drug-likeness (QED) is 0.434. The molecule has 7 N–H and O–H groups in total. The van der Waals surface area contributed by atoms with Gasteiger partial charge in [-0.15, -0.1) is 0 Å². The van der Waals surface area contributed by atoms with Crippen molar-refractivity contribution >= 4 is 0 Å². The zero-order valence-corrected chi connectivity index (χ0v) is 13.3. The van der Waals surface area contributed by atoms with E-state index in [0.29, 0.717) is 13.1 Å². The Morgan fingerprint density at radius 3 is 1.79 bits per heavy atom. The van der Waals surface area contributed by atoms with Gasteiger partial charge in [0.15, 0.2) is 0 Å². The van der Waals surface area contributed by atoms with Gasteiger partial charge in [-0.3, -0.25) is 0 Å². The lowest BCUT2D eigenvalue weighted by atomic mass is 9.85. The Morgan fingerprint density at radius 2 is 1.42 bits per heavy atom. The van der Waals surface area contributed by atoms with E-state index in [4.69, 9.17) is 17.2 Å². The molecule has 0 unspecified atom stereocenters. The number of nitrogens with two attached hydrogens (primary N) is 3. The predicted octanol–water partition coefficient (Wildman–Crippen LogP) is 2.09. The summed E-state index contributed by atoms with van der Waals surface area (Å²) in [5.41, 5.74) is 18.5. The molecule has 0 saturated heterocycles. The highest BCUT2D eigenvalue weighted by molar-refractivity contribution is 4.87. The minimum Gasteiger partial charge on any atom is -0.389 e. The average Bonchev–Trinajstić information content (AvgIpc) is 2.41. The highest BCUT2D eigenvalue weighted by atomic mass is 14.9. The summed E-state index contributed by atoms with van der Waals surface area (Å²) in [4.78, 5) is 0. The molecule has 4 heteroatoms. The Hall–Kier alpha value is -0.580. The van der Waals surface area contributed by atoms with Crippen molar-refractivity contribution in [2.24, 2.45) is 17.2 Å². The van der Waals surface area contributed by atoms with Gasteiger partial charge in [-0.25, -0.2) is 0 Å². The molecule has 4 nitrogen and oxygen atoms in total. The zero-order valence-electron chi connectivity index (χ0n) is 13.3. The predicted molar refractivity (Wildman–Crippen MR) is 86.9 cm³/mol. The first kappa shape index (κ1) is 20.7. The number of rotatable bonds is 11. The van der Waals surface area contributed by atoms with Crippen molar-refractivity contribution in [2.75, 3.05) is 19.6 Å². The summed E-state index contributed by atoms with van der Waals surface area (Å²) in [6.07, 6.45) is 6.07. The molecule has 19 heavy (non-hydrogen) atoms. The molecule has 0 aliphatic rings. The molecule has 0 heterocycles. The van der Waals surface area contributed by atoms with E-state index in [0.717, 1.165) is 50.8 Å². The summed E-state index contributed by atoms with van der Waals surface area (Å²) in [6.45, 7) is 12.2. The Kier molecular flexibility index (Phi) is 15.1. The fourth-order valence-electron chi connectivity index (χ4n) is 2.03. The monoisotopic (exact) mass is 272 g/mol. The standard InChI is InChI=1S/C13H30N4.C2H6/c1-12(2)17-11-5-8-13(16,6-3-9-14)7-4-10-15;1-2/h17H,1,3-11,14-16H2,2H3;1-2H3. The van der Waals surface area contributed by atoms with Crippen LogP contribution in [0.5, 0.6) is 0 Å². The van der Waals surface area contributed by atoms with E-state index in [2.05, 4.69) is 11.9 Å². The summed E-state index contributed by atoms with van der Waals surface area (Å²) in [5, 5.41) is 3.23. The largest absolute Gasteiger partial charge is 0.389 e. The molecule has 0 spiro atoms. The van der Waals surface area contributed by atoms with Crippen LogP contribution in [0.2, 0.25) is 0 Å². The van der Waals surface area contributed by atoms with Gasteiger partial charge in [-0.05, 0) is 58.5 Å². The van der Waals surface area contributed by atoms with Gasteiger partial charge in [0.25, 0.3) is 0 Å². The third-order valence-electron chi connectivity index (χ3n) is 3.04. The molecule has 0 aliphatic heterocycles. The van der Waals surface area contributed by atoms with Crippen LogP contribution in [0.15, 0.2) is 12.3 Å². The van der Waals surface area contributed by atoms with Crippen LogP contribution in [0.3, 0.4) is 0 Å². The third-order valence-corrected chi connectivity index (χ3v) is 3.04. The second-order valence-corrected chi connectivity index (χ2v) is 4.96. The van der Waals surface area contributed by atoms with Crippen LogP contribution in [0, 0.1) is 0 Å². The molecule has 0 atom stereocenters. The average molecular weight is 272 g/mol. The second-order valence-electron chi connectivity index (χ2n) is 4.96. The molecule has 116 valence electrons. The normalized spacial score (nSPS) is 10.6. The summed E-state index contributed by atoms with van der Waals surface area (Å²) in [5.74, 6) is 0. The number of allylic oxidation sites excluding steroid dienone is 1. The van der Waals surface area contributed by atoms with Crippen LogP contribution in [0.1, 0.15) is 59.3 Å².